The third kappa shape index (κ3) is 5.25. The molecule has 0 aliphatic rings. The lowest BCUT2D eigenvalue weighted by Gasteiger charge is -2.18. The topological polar surface area (TPSA) is 64.0 Å². The van der Waals surface area contributed by atoms with Crippen molar-refractivity contribution in [2.45, 2.75) is 46.1 Å². The maximum atomic E-state index is 11.2. The highest BCUT2D eigenvalue weighted by Crippen LogP contribution is 2.16. The predicted octanol–water partition coefficient (Wildman–Crippen LogP) is 1.38. The Morgan fingerprint density at radius 2 is 2.00 bits per heavy atom. The maximum Gasteiger partial charge on any atom is 0.147 e. The highest BCUT2D eigenvalue weighted by Gasteiger charge is 2.16. The molecule has 116 valence electrons. The van der Waals surface area contributed by atoms with Crippen molar-refractivity contribution in [3.8, 4) is 0 Å². The van der Waals surface area contributed by atoms with Gasteiger partial charge in [0.2, 0.25) is 0 Å². The standard InChI is InChI=1S/C14H27N3O2S/c1-6-15-13(8-7-9-20(5,18)19)10-14-11(2)16-17(4)12(14)3/h13,15H,6-10H2,1-5H3. The molecule has 1 aromatic rings. The first-order chi connectivity index (χ1) is 9.24. The van der Waals surface area contributed by atoms with Crippen LogP contribution in [0.25, 0.3) is 0 Å². The van der Waals surface area contributed by atoms with E-state index in [0.717, 1.165) is 25.1 Å². The summed E-state index contributed by atoms with van der Waals surface area (Å²) < 4.78 is 24.3. The Morgan fingerprint density at radius 3 is 2.45 bits per heavy atom. The molecular formula is C14H27N3O2S. The second-order valence-corrected chi connectivity index (χ2v) is 7.76. The molecule has 0 spiro atoms. The fraction of sp³-hybridized carbons (Fsp3) is 0.786. The molecule has 0 aliphatic carbocycles. The minimum absolute atomic E-state index is 0.264. The lowest BCUT2D eigenvalue weighted by Crippen LogP contribution is -2.31. The lowest BCUT2D eigenvalue weighted by molar-refractivity contribution is 0.483. The Hall–Kier alpha value is -0.880. The van der Waals surface area contributed by atoms with Gasteiger partial charge in [0, 0.05) is 30.8 Å². The van der Waals surface area contributed by atoms with E-state index in [1.54, 1.807) is 0 Å². The van der Waals surface area contributed by atoms with E-state index >= 15 is 0 Å². The van der Waals surface area contributed by atoms with Gasteiger partial charge in [-0.2, -0.15) is 5.10 Å². The zero-order valence-corrected chi connectivity index (χ0v) is 14.0. The number of aromatic nitrogens is 2. The van der Waals surface area contributed by atoms with Gasteiger partial charge in [0.05, 0.1) is 5.69 Å². The minimum Gasteiger partial charge on any atom is -0.314 e. The Morgan fingerprint density at radius 1 is 1.35 bits per heavy atom. The first-order valence-corrected chi connectivity index (χ1v) is 9.20. The third-order valence-corrected chi connectivity index (χ3v) is 4.70. The quantitative estimate of drug-likeness (QED) is 0.788. The van der Waals surface area contributed by atoms with Crippen LogP contribution in [0.1, 0.15) is 36.7 Å². The van der Waals surface area contributed by atoms with Crippen molar-refractivity contribution in [3.05, 3.63) is 17.0 Å². The average Bonchev–Trinajstić information content (AvgIpc) is 2.54. The Labute approximate surface area is 122 Å². The van der Waals surface area contributed by atoms with E-state index in [4.69, 9.17) is 0 Å². The molecule has 0 saturated heterocycles. The van der Waals surface area contributed by atoms with E-state index in [1.807, 2.05) is 18.7 Å². The highest BCUT2D eigenvalue weighted by atomic mass is 32.2. The molecule has 6 heteroatoms. The molecule has 1 aromatic heterocycles. The van der Waals surface area contributed by atoms with Crippen LogP contribution >= 0.6 is 0 Å². The van der Waals surface area contributed by atoms with Gasteiger partial charge in [-0.05, 0) is 45.2 Å². The smallest absolute Gasteiger partial charge is 0.147 e. The number of sulfone groups is 1. The minimum atomic E-state index is -2.86. The summed E-state index contributed by atoms with van der Waals surface area (Å²) in [5.74, 6) is 0.264. The van der Waals surface area contributed by atoms with Crippen LogP contribution in [0, 0.1) is 13.8 Å². The Kier molecular flexibility index (Phi) is 6.20. The van der Waals surface area contributed by atoms with Crippen LogP contribution in [0.15, 0.2) is 0 Å². The van der Waals surface area contributed by atoms with E-state index in [9.17, 15) is 8.42 Å². The maximum absolute atomic E-state index is 11.2. The van der Waals surface area contributed by atoms with Crippen molar-refractivity contribution >= 4 is 9.84 Å². The summed E-state index contributed by atoms with van der Waals surface area (Å²) in [5.41, 5.74) is 3.53. The average molecular weight is 301 g/mol. The molecule has 0 saturated carbocycles. The molecule has 20 heavy (non-hydrogen) atoms. The summed E-state index contributed by atoms with van der Waals surface area (Å²) in [7, 11) is -0.908. The summed E-state index contributed by atoms with van der Waals surface area (Å²) in [6, 6.07) is 0.309. The van der Waals surface area contributed by atoms with Crippen LogP contribution in [-0.2, 0) is 23.3 Å². The predicted molar refractivity (Wildman–Crippen MR) is 82.8 cm³/mol. The van der Waals surface area contributed by atoms with Crippen LogP contribution in [0.4, 0.5) is 0 Å². The second-order valence-electron chi connectivity index (χ2n) is 5.50. The molecule has 1 atom stereocenters. The first kappa shape index (κ1) is 17.2. The van der Waals surface area contributed by atoms with Crippen molar-refractivity contribution in [1.82, 2.24) is 15.1 Å². The number of rotatable bonds is 8. The number of nitrogens with one attached hydrogen (secondary N) is 1. The normalized spacial score (nSPS) is 13.7. The van der Waals surface area contributed by atoms with Crippen molar-refractivity contribution in [2.24, 2.45) is 7.05 Å². The van der Waals surface area contributed by atoms with Crippen molar-refractivity contribution < 1.29 is 8.42 Å². The monoisotopic (exact) mass is 301 g/mol. The second kappa shape index (κ2) is 7.22. The van der Waals surface area contributed by atoms with Gasteiger partial charge in [-0.15, -0.1) is 0 Å². The van der Waals surface area contributed by atoms with Crippen LogP contribution in [0.3, 0.4) is 0 Å². The van der Waals surface area contributed by atoms with E-state index in [-0.39, 0.29) is 5.75 Å². The van der Waals surface area contributed by atoms with Crippen molar-refractivity contribution in [1.29, 1.82) is 0 Å². The highest BCUT2D eigenvalue weighted by molar-refractivity contribution is 7.90. The van der Waals surface area contributed by atoms with Gasteiger partial charge in [-0.3, -0.25) is 4.68 Å². The SMILES string of the molecule is CCNC(CCCS(C)(=O)=O)Cc1c(C)nn(C)c1C. The van der Waals surface area contributed by atoms with Gasteiger partial charge in [0.25, 0.3) is 0 Å². The van der Waals surface area contributed by atoms with E-state index < -0.39 is 9.84 Å². The van der Waals surface area contributed by atoms with Crippen molar-refractivity contribution in [3.63, 3.8) is 0 Å². The zero-order chi connectivity index (χ0) is 15.3. The van der Waals surface area contributed by atoms with Gasteiger partial charge in [0.15, 0.2) is 0 Å². The van der Waals surface area contributed by atoms with Gasteiger partial charge in [0.1, 0.15) is 9.84 Å². The van der Waals surface area contributed by atoms with Gasteiger partial charge in [-0.1, -0.05) is 6.92 Å². The molecule has 0 fully saturated rings. The molecule has 1 unspecified atom stereocenters. The molecule has 0 amide bonds. The number of aryl methyl sites for hydroxylation is 2. The summed E-state index contributed by atoms with van der Waals surface area (Å²) in [6.07, 6.45) is 3.78. The molecule has 1 N–H and O–H groups in total. The number of likely N-dealkylation sites (N-methyl/N-ethyl adjacent to an activating group) is 1. The summed E-state index contributed by atoms with van der Waals surface area (Å²) >= 11 is 0. The van der Waals surface area contributed by atoms with Gasteiger partial charge in [-0.25, -0.2) is 8.42 Å². The first-order valence-electron chi connectivity index (χ1n) is 7.14. The van der Waals surface area contributed by atoms with Crippen LogP contribution in [-0.4, -0.2) is 42.8 Å². The lowest BCUT2D eigenvalue weighted by atomic mass is 10.0. The van der Waals surface area contributed by atoms with E-state index in [0.29, 0.717) is 12.5 Å². The van der Waals surface area contributed by atoms with E-state index in [1.165, 1.54) is 17.5 Å². The largest absolute Gasteiger partial charge is 0.314 e. The van der Waals surface area contributed by atoms with Crippen molar-refractivity contribution in [2.75, 3.05) is 18.6 Å². The van der Waals surface area contributed by atoms with Gasteiger partial charge < -0.3 is 5.32 Å². The molecule has 0 radical (unpaired) electrons. The zero-order valence-electron chi connectivity index (χ0n) is 13.2. The molecule has 5 nitrogen and oxygen atoms in total. The summed E-state index contributed by atoms with van der Waals surface area (Å²) in [5, 5.41) is 7.89. The van der Waals surface area contributed by atoms with Crippen LogP contribution < -0.4 is 5.32 Å². The number of hydrogen-bond acceptors (Lipinski definition) is 4. The van der Waals surface area contributed by atoms with Gasteiger partial charge >= 0.3 is 0 Å². The molecule has 1 rings (SSSR count). The fourth-order valence-electron chi connectivity index (χ4n) is 2.52. The Bertz CT molecular complexity index is 535. The molecule has 1 heterocycles. The van der Waals surface area contributed by atoms with Crippen LogP contribution in [0.5, 0.6) is 0 Å². The summed E-state index contributed by atoms with van der Waals surface area (Å²) in [6.45, 7) is 7.07. The van der Waals surface area contributed by atoms with E-state index in [2.05, 4.69) is 24.3 Å². The number of nitrogens with zero attached hydrogens (tertiary/aromatic N) is 2. The summed E-state index contributed by atoms with van der Waals surface area (Å²) in [4.78, 5) is 0. The molecule has 0 aliphatic heterocycles. The van der Waals surface area contributed by atoms with Crippen LogP contribution in [0.2, 0.25) is 0 Å². The third-order valence-electron chi connectivity index (χ3n) is 3.67. The molecule has 0 aromatic carbocycles. The fourth-order valence-corrected chi connectivity index (χ4v) is 3.21. The Balaban J connectivity index is 2.67. The molecular weight excluding hydrogens is 274 g/mol. The molecule has 0 bridgehead atoms. The number of hydrogen-bond donors (Lipinski definition) is 1.